The fraction of sp³-hybridized carbons (Fsp3) is 0.517. The van der Waals surface area contributed by atoms with Crippen LogP contribution in [-0.4, -0.2) is 95.0 Å². The Morgan fingerprint density at radius 3 is 1.71 bits per heavy atom. The quantitative estimate of drug-likeness (QED) is 0.449. The van der Waals surface area contributed by atoms with E-state index in [2.05, 4.69) is 0 Å². The molecule has 3 aliphatic rings. The Hall–Kier alpha value is -2.26. The molecule has 3 aliphatic heterocycles. The van der Waals surface area contributed by atoms with Gasteiger partial charge in [0.25, 0.3) is 0 Å². The number of amides is 1. The molecule has 4 atom stereocenters. The van der Waals surface area contributed by atoms with Gasteiger partial charge in [-0.3, -0.25) is 14.5 Å². The summed E-state index contributed by atoms with van der Waals surface area (Å²) < 4.78 is 34.7. The van der Waals surface area contributed by atoms with Gasteiger partial charge >= 0.3 is 0 Å². The number of hydrogen-bond donors (Lipinski definition) is 1. The molecule has 3 heterocycles. The van der Waals surface area contributed by atoms with Crippen LogP contribution in [0.2, 0.25) is 0 Å². The minimum atomic E-state index is -1.00. The fourth-order valence-electron chi connectivity index (χ4n) is 7.13. The van der Waals surface area contributed by atoms with Gasteiger partial charge in [0.1, 0.15) is 17.5 Å². The molecule has 219 valence electrons. The van der Waals surface area contributed by atoms with E-state index in [1.54, 1.807) is 28.3 Å². The van der Waals surface area contributed by atoms with E-state index in [1.165, 1.54) is 26.2 Å². The molecule has 0 spiro atoms. The van der Waals surface area contributed by atoms with Crippen molar-refractivity contribution in [2.24, 2.45) is 0 Å². The Kier molecular flexibility index (Phi) is 9.11. The number of benzene rings is 2. The first-order chi connectivity index (χ1) is 19.2. The van der Waals surface area contributed by atoms with Crippen LogP contribution in [0.5, 0.6) is 34.5 Å². The van der Waals surface area contributed by atoms with E-state index >= 15 is 0 Å². The molecule has 2 bridgehead atoms. The van der Waals surface area contributed by atoms with Crippen molar-refractivity contribution in [3.8, 4) is 34.5 Å². The summed E-state index contributed by atoms with van der Waals surface area (Å²) in [5, 5.41) is 10.8. The first-order valence-electron chi connectivity index (χ1n) is 13.0. The summed E-state index contributed by atoms with van der Waals surface area (Å²) in [7, 11) is 11.0. The molecule has 0 saturated carbocycles. The van der Waals surface area contributed by atoms with Crippen LogP contribution >= 0.6 is 0 Å². The third-order valence-electron chi connectivity index (χ3n) is 8.70. The standard InChI is InChI=1S/C29H36N2O9.Ac/c1-12-23(35-4)14-10-15-29(34)31-16(11-32)18-19(24(36-5)13(2)26(38-7)28(18)40-9)22(33)21(31)20(30(15)3)17(14)27(39-8)25(12)37-6;/h15-16,20-21,32H,10-11H2,1-9H3;/t15?,16-,20?,21?;/m0./s1. The van der Waals surface area contributed by atoms with Gasteiger partial charge in [-0.05, 0) is 20.9 Å². The van der Waals surface area contributed by atoms with E-state index in [0.29, 0.717) is 51.9 Å². The second kappa shape index (κ2) is 11.8. The Morgan fingerprint density at radius 1 is 0.732 bits per heavy atom. The molecule has 1 N–H and O–H groups in total. The monoisotopic (exact) mass is 783 g/mol. The van der Waals surface area contributed by atoms with Crippen LogP contribution in [-0.2, 0) is 11.2 Å². The minimum Gasteiger partial charge on any atom is -0.496 e. The van der Waals surface area contributed by atoms with E-state index in [-0.39, 0.29) is 67.1 Å². The number of aliphatic hydroxyl groups excluding tert-OH is 1. The molecule has 5 rings (SSSR count). The molecule has 3 unspecified atom stereocenters. The molecule has 12 heteroatoms. The molecule has 0 aliphatic carbocycles. The average molecular weight is 784 g/mol. The Labute approximate surface area is 275 Å². The number of carbonyl (C=O) groups excluding carboxylic acids is 2. The number of ether oxygens (including phenoxy) is 6. The number of Topliss-reactive ketones (excluding diaryl/α,β-unsaturated/α-hetero) is 1. The number of aliphatic hydroxyl groups is 1. The second-order valence-corrected chi connectivity index (χ2v) is 10.2. The molecule has 1 amide bonds. The fourth-order valence-corrected chi connectivity index (χ4v) is 7.13. The van der Waals surface area contributed by atoms with E-state index in [0.717, 1.165) is 11.1 Å². The molecule has 0 aromatic heterocycles. The topological polar surface area (TPSA) is 116 Å². The maximum absolute atomic E-state index is 14.7. The average Bonchev–Trinajstić information content (AvgIpc) is 2.95. The first kappa shape index (κ1) is 31.7. The van der Waals surface area contributed by atoms with Crippen LogP contribution in [0.15, 0.2) is 0 Å². The molecular weight excluding hydrogens is 747 g/mol. The summed E-state index contributed by atoms with van der Waals surface area (Å²) in [4.78, 5) is 32.4. The van der Waals surface area contributed by atoms with Gasteiger partial charge in [0.2, 0.25) is 5.91 Å². The maximum atomic E-state index is 14.7. The zero-order chi connectivity index (χ0) is 29.2. The van der Waals surface area contributed by atoms with E-state index in [4.69, 9.17) is 28.4 Å². The van der Waals surface area contributed by atoms with Crippen molar-refractivity contribution >= 4 is 11.7 Å². The molecular formula is C29H36AcN2O9. The van der Waals surface area contributed by atoms with Crippen molar-refractivity contribution in [2.45, 2.75) is 44.4 Å². The van der Waals surface area contributed by atoms with Gasteiger partial charge in [0.05, 0.1) is 73.0 Å². The number of fused-ring (bicyclic) bond motifs is 7. The van der Waals surface area contributed by atoms with Crippen LogP contribution in [0.25, 0.3) is 0 Å². The number of likely N-dealkylation sites (N-methyl/N-ethyl adjacent to an activating group) is 1. The van der Waals surface area contributed by atoms with Gasteiger partial charge in [-0.15, -0.1) is 0 Å². The molecule has 2 aromatic rings. The Morgan fingerprint density at radius 2 is 1.22 bits per heavy atom. The van der Waals surface area contributed by atoms with Gasteiger partial charge in [-0.1, -0.05) is 0 Å². The van der Waals surface area contributed by atoms with Crippen molar-refractivity contribution < 1.29 is 87.2 Å². The van der Waals surface area contributed by atoms with Crippen LogP contribution in [0.3, 0.4) is 0 Å². The zero-order valence-electron chi connectivity index (χ0n) is 24.9. The number of hydrogen-bond acceptors (Lipinski definition) is 10. The predicted octanol–water partition coefficient (Wildman–Crippen LogP) is 2.39. The molecule has 2 aromatic carbocycles. The van der Waals surface area contributed by atoms with Gasteiger partial charge in [-0.25, -0.2) is 0 Å². The third-order valence-corrected chi connectivity index (χ3v) is 8.70. The van der Waals surface area contributed by atoms with Crippen LogP contribution < -0.4 is 28.4 Å². The van der Waals surface area contributed by atoms with E-state index < -0.39 is 30.8 Å². The summed E-state index contributed by atoms with van der Waals surface area (Å²) in [5.74, 6) is 1.94. The maximum Gasteiger partial charge on any atom is 0.241 e. The minimum absolute atomic E-state index is 0. The number of carbonyl (C=O) groups is 2. The second-order valence-electron chi connectivity index (χ2n) is 10.2. The van der Waals surface area contributed by atoms with Crippen LogP contribution in [0.1, 0.15) is 50.3 Å². The van der Waals surface area contributed by atoms with Crippen molar-refractivity contribution in [2.75, 3.05) is 56.3 Å². The molecule has 1 fully saturated rings. The van der Waals surface area contributed by atoms with Gasteiger partial charge < -0.3 is 38.4 Å². The summed E-state index contributed by atoms with van der Waals surface area (Å²) in [6, 6.07) is -3.12. The number of rotatable bonds is 7. The van der Waals surface area contributed by atoms with E-state index in [9.17, 15) is 14.7 Å². The number of piperazine rings is 1. The molecule has 41 heavy (non-hydrogen) atoms. The summed E-state index contributed by atoms with van der Waals surface area (Å²) >= 11 is 0. The SMILES string of the molecule is COc1c(C)c(OC)c(OC)c2c1CC1C(=O)N3C(C(=O)c4c(OC)c(C)c(OC)c(OC)c4[C@@H]3CO)C2N1C.[Ac]. The zero-order valence-corrected chi connectivity index (χ0v) is 29.7. The number of methoxy groups -OCH3 is 6. The van der Waals surface area contributed by atoms with Gasteiger partial charge in [-0.2, -0.15) is 0 Å². The van der Waals surface area contributed by atoms with E-state index in [1.807, 2.05) is 18.9 Å². The number of ketones is 1. The first-order valence-corrected chi connectivity index (χ1v) is 13.0. The largest absolute Gasteiger partial charge is 0.496 e. The summed E-state index contributed by atoms with van der Waals surface area (Å²) in [5.41, 5.74) is 3.46. The van der Waals surface area contributed by atoms with Crippen molar-refractivity contribution in [3.05, 3.63) is 33.4 Å². The van der Waals surface area contributed by atoms with Gasteiger partial charge in [0, 0.05) is 78.3 Å². The Bertz CT molecular complexity index is 1410. The molecule has 11 nitrogen and oxygen atoms in total. The summed E-state index contributed by atoms with van der Waals surface area (Å²) in [6.07, 6.45) is 0.325. The van der Waals surface area contributed by atoms with Crippen molar-refractivity contribution in [1.82, 2.24) is 9.80 Å². The van der Waals surface area contributed by atoms with Gasteiger partial charge in [0.15, 0.2) is 28.8 Å². The predicted molar refractivity (Wildman–Crippen MR) is 144 cm³/mol. The molecule has 1 saturated heterocycles. The summed E-state index contributed by atoms with van der Waals surface area (Å²) in [6.45, 7) is 3.21. The van der Waals surface area contributed by atoms with Crippen LogP contribution in [0, 0.1) is 57.9 Å². The number of nitrogens with zero attached hydrogens (tertiary/aromatic N) is 2. The third kappa shape index (κ3) is 4.15. The Balaban J connectivity index is 0.00000387. The molecule has 1 radical (unpaired) electrons. The smallest absolute Gasteiger partial charge is 0.241 e. The normalized spacial score (nSPS) is 22.6. The van der Waals surface area contributed by atoms with Crippen molar-refractivity contribution in [3.63, 3.8) is 0 Å². The van der Waals surface area contributed by atoms with Crippen molar-refractivity contribution in [1.29, 1.82) is 0 Å². The van der Waals surface area contributed by atoms with Crippen LogP contribution in [0.4, 0.5) is 0 Å².